The van der Waals surface area contributed by atoms with E-state index in [1.54, 1.807) is 0 Å². The van der Waals surface area contributed by atoms with E-state index in [-0.39, 0.29) is 5.41 Å². The van der Waals surface area contributed by atoms with Gasteiger partial charge in [0.05, 0.1) is 0 Å². The van der Waals surface area contributed by atoms with Gasteiger partial charge in [-0.25, -0.2) is 0 Å². The molecule has 2 saturated carbocycles. The average molecular weight is 166 g/mol. The fourth-order valence-corrected chi connectivity index (χ4v) is 3.36. The summed E-state index contributed by atoms with van der Waals surface area (Å²) in [6.45, 7) is 1.81. The van der Waals surface area contributed by atoms with Crippen molar-refractivity contribution in [3.63, 3.8) is 0 Å². The summed E-state index contributed by atoms with van der Waals surface area (Å²) in [5.41, 5.74) is 0.151. The Kier molecular flexibility index (Phi) is 1.97. The molecule has 0 saturated heterocycles. The Morgan fingerprint density at radius 2 is 1.83 bits per heavy atom. The number of hydrogen-bond acceptors (Lipinski definition) is 1. The highest BCUT2D eigenvalue weighted by molar-refractivity contribution is 5.83. The van der Waals surface area contributed by atoms with Crippen LogP contribution in [0.15, 0.2) is 0 Å². The molecule has 12 heavy (non-hydrogen) atoms. The zero-order chi connectivity index (χ0) is 8.60. The minimum absolute atomic E-state index is 0.151. The molecule has 2 aliphatic rings. The minimum Gasteiger partial charge on any atom is -0.299 e. The third kappa shape index (κ3) is 1.02. The molecule has 2 atom stereocenters. The lowest BCUT2D eigenvalue weighted by molar-refractivity contribution is -0.130. The van der Waals surface area contributed by atoms with Crippen molar-refractivity contribution >= 4 is 5.78 Å². The third-order valence-electron chi connectivity index (χ3n) is 4.08. The summed E-state index contributed by atoms with van der Waals surface area (Å²) in [6.07, 6.45) is 8.96. The van der Waals surface area contributed by atoms with Gasteiger partial charge >= 0.3 is 0 Å². The van der Waals surface area contributed by atoms with Gasteiger partial charge in [0, 0.05) is 5.41 Å². The summed E-state index contributed by atoms with van der Waals surface area (Å²) in [5, 5.41) is 0. The van der Waals surface area contributed by atoms with E-state index in [0.29, 0.717) is 5.78 Å². The van der Waals surface area contributed by atoms with Crippen molar-refractivity contribution in [3.8, 4) is 0 Å². The molecule has 0 aromatic rings. The number of ketones is 1. The average Bonchev–Trinajstić information content (AvgIpc) is 2.48. The van der Waals surface area contributed by atoms with Gasteiger partial charge in [-0.15, -0.1) is 0 Å². The molecule has 0 spiro atoms. The molecule has 0 aromatic carbocycles. The molecular weight excluding hydrogens is 148 g/mol. The van der Waals surface area contributed by atoms with Gasteiger partial charge in [-0.05, 0) is 38.5 Å². The fraction of sp³-hybridized carbons (Fsp3) is 0.909. The standard InChI is InChI=1S/C11H18O/c1-9(12)11-7-3-2-5-10(11)6-4-8-11/h10H,2-8H2,1H3. The second-order valence-corrected chi connectivity index (χ2v) is 4.55. The van der Waals surface area contributed by atoms with Crippen molar-refractivity contribution in [1.82, 2.24) is 0 Å². The SMILES string of the molecule is CC(=O)C12CCCCC1CCC2. The Morgan fingerprint density at radius 1 is 1.17 bits per heavy atom. The molecule has 0 bridgehead atoms. The van der Waals surface area contributed by atoms with Gasteiger partial charge in [-0.2, -0.15) is 0 Å². The van der Waals surface area contributed by atoms with Gasteiger partial charge < -0.3 is 0 Å². The number of hydrogen-bond donors (Lipinski definition) is 0. The minimum atomic E-state index is 0.151. The molecule has 0 amide bonds. The third-order valence-corrected chi connectivity index (χ3v) is 4.08. The quantitative estimate of drug-likeness (QED) is 0.585. The van der Waals surface area contributed by atoms with Crippen molar-refractivity contribution < 1.29 is 4.79 Å². The van der Waals surface area contributed by atoms with E-state index in [2.05, 4.69) is 0 Å². The second-order valence-electron chi connectivity index (χ2n) is 4.55. The van der Waals surface area contributed by atoms with E-state index in [4.69, 9.17) is 0 Å². The highest BCUT2D eigenvalue weighted by atomic mass is 16.1. The normalized spacial score (nSPS) is 40.9. The van der Waals surface area contributed by atoms with Crippen LogP contribution in [0.5, 0.6) is 0 Å². The summed E-state index contributed by atoms with van der Waals surface area (Å²) < 4.78 is 0. The van der Waals surface area contributed by atoms with Gasteiger partial charge in [0.2, 0.25) is 0 Å². The van der Waals surface area contributed by atoms with Crippen LogP contribution in [-0.2, 0) is 4.79 Å². The summed E-state index contributed by atoms with van der Waals surface area (Å²) >= 11 is 0. The van der Waals surface area contributed by atoms with E-state index >= 15 is 0 Å². The van der Waals surface area contributed by atoms with E-state index in [1.165, 1.54) is 44.9 Å². The van der Waals surface area contributed by atoms with Crippen LogP contribution >= 0.6 is 0 Å². The first-order valence-electron chi connectivity index (χ1n) is 5.27. The largest absolute Gasteiger partial charge is 0.299 e. The van der Waals surface area contributed by atoms with Crippen molar-refractivity contribution in [2.24, 2.45) is 11.3 Å². The number of carbonyl (C=O) groups excluding carboxylic acids is 1. The van der Waals surface area contributed by atoms with Gasteiger partial charge in [0.1, 0.15) is 5.78 Å². The Balaban J connectivity index is 2.23. The molecule has 0 aromatic heterocycles. The van der Waals surface area contributed by atoms with Crippen molar-refractivity contribution in [1.29, 1.82) is 0 Å². The topological polar surface area (TPSA) is 17.1 Å². The Hall–Kier alpha value is -0.330. The molecule has 1 nitrogen and oxygen atoms in total. The predicted molar refractivity (Wildman–Crippen MR) is 48.9 cm³/mol. The Labute approximate surface area is 74.5 Å². The van der Waals surface area contributed by atoms with Gasteiger partial charge in [0.25, 0.3) is 0 Å². The molecular formula is C11H18O. The Bertz CT molecular complexity index is 197. The molecule has 0 radical (unpaired) electrons. The summed E-state index contributed by atoms with van der Waals surface area (Å²) in [6, 6.07) is 0. The van der Waals surface area contributed by atoms with Crippen LogP contribution in [0.4, 0.5) is 0 Å². The van der Waals surface area contributed by atoms with Gasteiger partial charge in [0.15, 0.2) is 0 Å². The van der Waals surface area contributed by atoms with Crippen LogP contribution in [-0.4, -0.2) is 5.78 Å². The zero-order valence-corrected chi connectivity index (χ0v) is 7.94. The zero-order valence-electron chi connectivity index (χ0n) is 7.94. The molecule has 0 N–H and O–H groups in total. The number of Topliss-reactive ketones (excluding diaryl/α,β-unsaturated/α-hetero) is 1. The number of fused-ring (bicyclic) bond motifs is 1. The maximum Gasteiger partial charge on any atom is 0.136 e. The molecule has 2 fully saturated rings. The maximum atomic E-state index is 11.6. The molecule has 0 heterocycles. The Morgan fingerprint density at radius 3 is 2.50 bits per heavy atom. The van der Waals surface area contributed by atoms with E-state index in [1.807, 2.05) is 6.92 Å². The van der Waals surface area contributed by atoms with E-state index in [0.717, 1.165) is 5.92 Å². The molecule has 2 aliphatic carbocycles. The highest BCUT2D eigenvalue weighted by Crippen LogP contribution is 2.52. The van der Waals surface area contributed by atoms with E-state index < -0.39 is 0 Å². The van der Waals surface area contributed by atoms with Gasteiger partial charge in [-0.1, -0.05) is 19.3 Å². The second kappa shape index (κ2) is 2.86. The fourth-order valence-electron chi connectivity index (χ4n) is 3.36. The summed E-state index contributed by atoms with van der Waals surface area (Å²) in [4.78, 5) is 11.6. The van der Waals surface area contributed by atoms with Crippen molar-refractivity contribution in [2.45, 2.75) is 51.9 Å². The van der Waals surface area contributed by atoms with Crippen LogP contribution in [0.25, 0.3) is 0 Å². The summed E-state index contributed by atoms with van der Waals surface area (Å²) in [7, 11) is 0. The molecule has 68 valence electrons. The van der Waals surface area contributed by atoms with Crippen LogP contribution in [0.3, 0.4) is 0 Å². The lowest BCUT2D eigenvalue weighted by Crippen LogP contribution is -2.35. The highest BCUT2D eigenvalue weighted by Gasteiger charge is 2.47. The predicted octanol–water partition coefficient (Wildman–Crippen LogP) is 2.94. The lowest BCUT2D eigenvalue weighted by Gasteiger charge is -2.37. The maximum absolute atomic E-state index is 11.6. The van der Waals surface area contributed by atoms with E-state index in [9.17, 15) is 4.79 Å². The first kappa shape index (κ1) is 8.28. The molecule has 0 aliphatic heterocycles. The van der Waals surface area contributed by atoms with Crippen molar-refractivity contribution in [3.05, 3.63) is 0 Å². The van der Waals surface area contributed by atoms with Crippen LogP contribution in [0, 0.1) is 11.3 Å². The van der Waals surface area contributed by atoms with Crippen molar-refractivity contribution in [2.75, 3.05) is 0 Å². The number of carbonyl (C=O) groups is 1. The van der Waals surface area contributed by atoms with Crippen LogP contribution in [0.1, 0.15) is 51.9 Å². The summed E-state index contributed by atoms with van der Waals surface area (Å²) in [5.74, 6) is 1.23. The molecule has 2 rings (SSSR count). The van der Waals surface area contributed by atoms with Crippen LogP contribution in [0.2, 0.25) is 0 Å². The first-order chi connectivity index (χ1) is 5.76. The first-order valence-corrected chi connectivity index (χ1v) is 5.27. The van der Waals surface area contributed by atoms with Gasteiger partial charge in [-0.3, -0.25) is 4.79 Å². The molecule has 2 unspecified atom stereocenters. The molecule has 1 heteroatoms. The monoisotopic (exact) mass is 166 g/mol. The van der Waals surface area contributed by atoms with Crippen LogP contribution < -0.4 is 0 Å². The number of rotatable bonds is 1. The smallest absolute Gasteiger partial charge is 0.136 e. The lowest BCUT2D eigenvalue weighted by atomic mass is 9.66.